The molecule has 28 heavy (non-hydrogen) atoms. The lowest BCUT2D eigenvalue weighted by Crippen LogP contribution is -2.17. The van der Waals surface area contributed by atoms with Crippen molar-refractivity contribution < 1.29 is 8.42 Å². The Bertz CT molecular complexity index is 1110. The minimum absolute atomic E-state index is 0.276. The Morgan fingerprint density at radius 2 is 2.07 bits per heavy atom. The Hall–Kier alpha value is -2.38. The van der Waals surface area contributed by atoms with Crippen LogP contribution in [-0.4, -0.2) is 28.4 Å². The molecule has 146 valence electrons. The lowest BCUT2D eigenvalue weighted by atomic mass is 10.1. The van der Waals surface area contributed by atoms with Gasteiger partial charge in [-0.25, -0.2) is 13.1 Å². The van der Waals surface area contributed by atoms with E-state index in [1.54, 1.807) is 29.2 Å². The highest BCUT2D eigenvalue weighted by Gasteiger charge is 2.35. The molecule has 4 rings (SSSR count). The number of benzene rings is 1. The summed E-state index contributed by atoms with van der Waals surface area (Å²) in [4.78, 5) is 4.37. The highest BCUT2D eigenvalue weighted by atomic mass is 35.5. The predicted molar refractivity (Wildman–Crippen MR) is 111 cm³/mol. The van der Waals surface area contributed by atoms with Gasteiger partial charge in [0.15, 0.2) is 0 Å². The van der Waals surface area contributed by atoms with Crippen LogP contribution in [0, 0.1) is 0 Å². The summed E-state index contributed by atoms with van der Waals surface area (Å²) >= 11 is 6.43. The van der Waals surface area contributed by atoms with Gasteiger partial charge in [-0.1, -0.05) is 31.0 Å². The van der Waals surface area contributed by atoms with Crippen LogP contribution in [0.3, 0.4) is 0 Å². The number of aryl methyl sites for hydroxylation is 1. The van der Waals surface area contributed by atoms with Crippen LogP contribution in [0.1, 0.15) is 31.9 Å². The van der Waals surface area contributed by atoms with Gasteiger partial charge in [0.1, 0.15) is 0 Å². The van der Waals surface area contributed by atoms with Gasteiger partial charge in [0.05, 0.1) is 22.2 Å². The van der Waals surface area contributed by atoms with Gasteiger partial charge in [-0.15, -0.1) is 0 Å². The van der Waals surface area contributed by atoms with Crippen molar-refractivity contribution in [3.05, 3.63) is 59.6 Å². The molecule has 1 aliphatic rings. The van der Waals surface area contributed by atoms with E-state index in [0.717, 1.165) is 48.2 Å². The van der Waals surface area contributed by atoms with Crippen LogP contribution in [0.4, 0.5) is 5.69 Å². The summed E-state index contributed by atoms with van der Waals surface area (Å²) < 4.78 is 28.6. The molecule has 2 aromatic heterocycles. The average molecular weight is 417 g/mol. The Balaban J connectivity index is 1.57. The van der Waals surface area contributed by atoms with Gasteiger partial charge in [0.2, 0.25) is 10.0 Å². The maximum atomic E-state index is 12.1. The standard InChI is InChI=1S/C20H21ClN4O2S/c1-2-3-15-10-17(8-9-22-15)25-13-14(12-23-25)19-7-4-16(11-20(19)21)24-28(26,27)18-5-6-18/h4,7-13,18,24H,2-3,5-6H2,1H3. The number of sulfonamides is 1. The lowest BCUT2D eigenvalue weighted by molar-refractivity contribution is 0.600. The lowest BCUT2D eigenvalue weighted by Gasteiger charge is -2.09. The first-order chi connectivity index (χ1) is 13.5. The maximum Gasteiger partial charge on any atom is 0.235 e. The van der Waals surface area contributed by atoms with Gasteiger partial charge < -0.3 is 0 Å². The van der Waals surface area contributed by atoms with Crippen LogP contribution in [-0.2, 0) is 16.4 Å². The summed E-state index contributed by atoms with van der Waals surface area (Å²) in [6.45, 7) is 2.12. The van der Waals surface area contributed by atoms with Gasteiger partial charge >= 0.3 is 0 Å². The second-order valence-electron chi connectivity index (χ2n) is 6.97. The third kappa shape index (κ3) is 4.05. The molecular weight excluding hydrogens is 396 g/mol. The number of hydrogen-bond donors (Lipinski definition) is 1. The Morgan fingerprint density at radius 1 is 1.25 bits per heavy atom. The average Bonchev–Trinajstić information content (AvgIpc) is 3.42. The van der Waals surface area contributed by atoms with Crippen molar-refractivity contribution in [2.24, 2.45) is 0 Å². The van der Waals surface area contributed by atoms with E-state index in [1.165, 1.54) is 0 Å². The van der Waals surface area contributed by atoms with Crippen LogP contribution < -0.4 is 4.72 Å². The van der Waals surface area contributed by atoms with Crippen molar-refractivity contribution in [1.29, 1.82) is 0 Å². The van der Waals surface area contributed by atoms with Crippen molar-refractivity contribution in [3.63, 3.8) is 0 Å². The fourth-order valence-electron chi connectivity index (χ4n) is 3.04. The van der Waals surface area contributed by atoms with Gasteiger partial charge in [-0.05, 0) is 43.5 Å². The zero-order valence-electron chi connectivity index (χ0n) is 15.5. The number of nitrogens with one attached hydrogen (secondary N) is 1. The Labute approximate surface area is 169 Å². The summed E-state index contributed by atoms with van der Waals surface area (Å²) in [5, 5.41) is 4.63. The number of nitrogens with zero attached hydrogens (tertiary/aromatic N) is 3. The highest BCUT2D eigenvalue weighted by molar-refractivity contribution is 7.93. The summed E-state index contributed by atoms with van der Waals surface area (Å²) in [6, 6.07) is 9.11. The molecule has 0 saturated heterocycles. The molecule has 0 amide bonds. The SMILES string of the molecule is CCCc1cc(-n2cc(-c3ccc(NS(=O)(=O)C4CC4)cc3Cl)cn2)ccn1. The summed E-state index contributed by atoms with van der Waals surface area (Å²) in [5.41, 5.74) is 4.10. The Morgan fingerprint density at radius 3 is 2.79 bits per heavy atom. The molecule has 2 heterocycles. The van der Waals surface area contributed by atoms with E-state index in [-0.39, 0.29) is 5.25 Å². The van der Waals surface area contributed by atoms with Crippen LogP contribution in [0.5, 0.6) is 0 Å². The predicted octanol–water partition coefficient (Wildman–Crippen LogP) is 4.44. The van der Waals surface area contributed by atoms with E-state index < -0.39 is 10.0 Å². The fraction of sp³-hybridized carbons (Fsp3) is 0.300. The normalized spacial score (nSPS) is 14.2. The molecule has 1 fully saturated rings. The number of anilines is 1. The van der Waals surface area contributed by atoms with E-state index >= 15 is 0 Å². The zero-order chi connectivity index (χ0) is 19.7. The van der Waals surface area contributed by atoms with Crippen molar-refractivity contribution >= 4 is 27.3 Å². The van der Waals surface area contributed by atoms with Crippen molar-refractivity contribution in [3.8, 4) is 16.8 Å². The van der Waals surface area contributed by atoms with E-state index in [4.69, 9.17) is 11.6 Å². The number of pyridine rings is 1. The zero-order valence-corrected chi connectivity index (χ0v) is 17.0. The van der Waals surface area contributed by atoms with Crippen molar-refractivity contribution in [2.45, 2.75) is 37.9 Å². The topological polar surface area (TPSA) is 76.9 Å². The molecule has 1 aliphatic carbocycles. The molecule has 0 spiro atoms. The monoisotopic (exact) mass is 416 g/mol. The molecule has 3 aromatic rings. The first kappa shape index (κ1) is 19.0. The number of rotatable bonds is 7. The molecule has 6 nitrogen and oxygen atoms in total. The van der Waals surface area contributed by atoms with Gasteiger partial charge in [-0.2, -0.15) is 5.10 Å². The van der Waals surface area contributed by atoms with Crippen molar-refractivity contribution in [1.82, 2.24) is 14.8 Å². The quantitative estimate of drug-likeness (QED) is 0.617. The smallest absolute Gasteiger partial charge is 0.235 e. The summed E-state index contributed by atoms with van der Waals surface area (Å²) in [6.07, 6.45) is 8.83. The first-order valence-electron chi connectivity index (χ1n) is 9.28. The van der Waals surface area contributed by atoms with E-state index in [2.05, 4.69) is 21.7 Å². The molecule has 0 atom stereocenters. The Kier molecular flexibility index (Phi) is 5.12. The van der Waals surface area contributed by atoms with Gasteiger partial charge in [-0.3, -0.25) is 9.71 Å². The molecule has 0 unspecified atom stereocenters. The van der Waals surface area contributed by atoms with E-state index in [0.29, 0.717) is 10.7 Å². The minimum atomic E-state index is -3.31. The van der Waals surface area contributed by atoms with Crippen LogP contribution in [0.25, 0.3) is 16.8 Å². The number of hydrogen-bond acceptors (Lipinski definition) is 4. The van der Waals surface area contributed by atoms with Gasteiger partial charge in [0, 0.05) is 34.9 Å². The first-order valence-corrected chi connectivity index (χ1v) is 11.2. The van der Waals surface area contributed by atoms with E-state index in [9.17, 15) is 8.42 Å². The molecule has 0 bridgehead atoms. The molecule has 1 N–H and O–H groups in total. The number of aromatic nitrogens is 3. The second kappa shape index (κ2) is 7.56. The molecule has 1 aromatic carbocycles. The molecular formula is C20H21ClN4O2S. The summed E-state index contributed by atoms with van der Waals surface area (Å²) in [7, 11) is -3.31. The minimum Gasteiger partial charge on any atom is -0.283 e. The third-order valence-corrected chi connectivity index (χ3v) is 6.84. The number of halogens is 1. The molecule has 8 heteroatoms. The van der Waals surface area contributed by atoms with Crippen LogP contribution >= 0.6 is 11.6 Å². The molecule has 0 radical (unpaired) electrons. The third-order valence-electron chi connectivity index (χ3n) is 4.66. The largest absolute Gasteiger partial charge is 0.283 e. The van der Waals surface area contributed by atoms with Crippen LogP contribution in [0.2, 0.25) is 5.02 Å². The van der Waals surface area contributed by atoms with Crippen LogP contribution in [0.15, 0.2) is 48.9 Å². The van der Waals surface area contributed by atoms with E-state index in [1.807, 2.05) is 24.4 Å². The van der Waals surface area contributed by atoms with Gasteiger partial charge in [0.25, 0.3) is 0 Å². The second-order valence-corrected chi connectivity index (χ2v) is 9.34. The highest BCUT2D eigenvalue weighted by Crippen LogP contribution is 2.33. The fourth-order valence-corrected chi connectivity index (χ4v) is 4.71. The summed E-state index contributed by atoms with van der Waals surface area (Å²) in [5.74, 6) is 0. The maximum absolute atomic E-state index is 12.1. The molecule has 1 saturated carbocycles. The van der Waals surface area contributed by atoms with Crippen molar-refractivity contribution in [2.75, 3.05) is 4.72 Å². The molecule has 0 aliphatic heterocycles.